The topological polar surface area (TPSA) is 75.6 Å². The maximum absolute atomic E-state index is 11.5. The lowest BCUT2D eigenvalue weighted by molar-refractivity contribution is -0.116. The highest BCUT2D eigenvalue weighted by Crippen LogP contribution is 1.98. The molecule has 6 heteroatoms. The minimum absolute atomic E-state index is 0.164. The van der Waals surface area contributed by atoms with Crippen molar-refractivity contribution in [3.05, 3.63) is 42.3 Å². The van der Waals surface area contributed by atoms with Crippen LogP contribution in [0.25, 0.3) is 6.08 Å². The van der Waals surface area contributed by atoms with Crippen LogP contribution in [0.2, 0.25) is 0 Å². The van der Waals surface area contributed by atoms with Crippen LogP contribution < -0.4 is 5.32 Å². The van der Waals surface area contributed by atoms with Gasteiger partial charge in [0.05, 0.1) is 12.2 Å². The van der Waals surface area contributed by atoms with Crippen molar-refractivity contribution < 1.29 is 4.79 Å². The van der Waals surface area contributed by atoms with E-state index in [1.165, 1.54) is 6.08 Å². The average molecular weight is 231 g/mol. The fraction of sp³-hybridized carbons (Fsp3) is 0.182. The zero-order valence-corrected chi connectivity index (χ0v) is 9.42. The first-order chi connectivity index (χ1) is 8.25. The summed E-state index contributed by atoms with van der Waals surface area (Å²) in [6, 6.07) is 1.83. The van der Waals surface area contributed by atoms with Crippen molar-refractivity contribution in [3.63, 3.8) is 0 Å². The summed E-state index contributed by atoms with van der Waals surface area (Å²) in [7, 11) is 1.82. The van der Waals surface area contributed by atoms with Crippen molar-refractivity contribution in [2.24, 2.45) is 7.05 Å². The van der Waals surface area contributed by atoms with E-state index in [1.54, 1.807) is 29.3 Å². The van der Waals surface area contributed by atoms with Crippen molar-refractivity contribution in [2.45, 2.75) is 6.54 Å². The molecule has 0 spiro atoms. The van der Waals surface area contributed by atoms with Gasteiger partial charge >= 0.3 is 0 Å². The van der Waals surface area contributed by atoms with Crippen LogP contribution in [0, 0.1) is 0 Å². The van der Waals surface area contributed by atoms with Crippen LogP contribution in [-0.4, -0.2) is 25.7 Å². The van der Waals surface area contributed by atoms with E-state index in [9.17, 15) is 4.79 Å². The first kappa shape index (κ1) is 11.1. The number of aromatic amines is 1. The molecule has 0 saturated heterocycles. The number of nitrogens with one attached hydrogen (secondary N) is 2. The van der Waals surface area contributed by atoms with E-state index in [2.05, 4.69) is 20.4 Å². The highest BCUT2D eigenvalue weighted by Gasteiger charge is 1.98. The zero-order valence-electron chi connectivity index (χ0n) is 9.42. The predicted molar refractivity (Wildman–Crippen MR) is 62.7 cm³/mol. The summed E-state index contributed by atoms with van der Waals surface area (Å²) < 4.78 is 1.69. The van der Waals surface area contributed by atoms with Crippen LogP contribution in [0.15, 0.2) is 30.7 Å². The van der Waals surface area contributed by atoms with Crippen LogP contribution in [0.3, 0.4) is 0 Å². The molecule has 0 radical (unpaired) electrons. The monoisotopic (exact) mass is 231 g/mol. The lowest BCUT2D eigenvalue weighted by atomic mass is 10.3. The van der Waals surface area contributed by atoms with E-state index < -0.39 is 0 Å². The number of hydrogen-bond acceptors (Lipinski definition) is 3. The van der Waals surface area contributed by atoms with Gasteiger partial charge in [-0.15, -0.1) is 0 Å². The van der Waals surface area contributed by atoms with Crippen molar-refractivity contribution in [2.75, 3.05) is 0 Å². The fourth-order valence-electron chi connectivity index (χ4n) is 1.33. The maximum Gasteiger partial charge on any atom is 0.244 e. The molecule has 0 bridgehead atoms. The number of carbonyl (C=O) groups excluding carboxylic acids is 1. The number of imidazole rings is 1. The largest absolute Gasteiger partial charge is 0.347 e. The number of nitrogens with zero attached hydrogens (tertiary/aromatic N) is 3. The number of carbonyl (C=O) groups is 1. The van der Waals surface area contributed by atoms with Crippen LogP contribution in [0.5, 0.6) is 0 Å². The molecular weight excluding hydrogens is 218 g/mol. The Hall–Kier alpha value is -2.37. The van der Waals surface area contributed by atoms with Gasteiger partial charge in [-0.3, -0.25) is 9.48 Å². The second-order valence-electron chi connectivity index (χ2n) is 3.47. The van der Waals surface area contributed by atoms with Gasteiger partial charge in [-0.1, -0.05) is 0 Å². The van der Waals surface area contributed by atoms with Gasteiger partial charge < -0.3 is 10.3 Å². The van der Waals surface area contributed by atoms with E-state index in [0.29, 0.717) is 6.54 Å². The maximum atomic E-state index is 11.5. The van der Waals surface area contributed by atoms with E-state index in [0.717, 1.165) is 11.5 Å². The molecule has 17 heavy (non-hydrogen) atoms. The van der Waals surface area contributed by atoms with Gasteiger partial charge in [-0.05, 0) is 12.1 Å². The quantitative estimate of drug-likeness (QED) is 0.751. The molecule has 0 fully saturated rings. The standard InChI is InChI=1S/C11H13N5O/c1-16-9(4-5-15-16)2-3-11(17)14-8-10-12-6-7-13-10/h2-7H,8H2,1H3,(H,12,13)(H,14,17). The van der Waals surface area contributed by atoms with Crippen molar-refractivity contribution in [1.82, 2.24) is 25.1 Å². The Balaban J connectivity index is 1.85. The number of aromatic nitrogens is 4. The number of rotatable bonds is 4. The molecule has 2 aromatic heterocycles. The SMILES string of the molecule is Cn1nccc1C=CC(=O)NCc1ncc[nH]1. The first-order valence-corrected chi connectivity index (χ1v) is 5.18. The van der Waals surface area contributed by atoms with Crippen molar-refractivity contribution >= 4 is 12.0 Å². The second-order valence-corrected chi connectivity index (χ2v) is 3.47. The lowest BCUT2D eigenvalue weighted by Crippen LogP contribution is -2.20. The molecule has 0 atom stereocenters. The van der Waals surface area contributed by atoms with Crippen LogP contribution in [-0.2, 0) is 18.4 Å². The Kier molecular flexibility index (Phi) is 3.34. The fourth-order valence-corrected chi connectivity index (χ4v) is 1.33. The number of amides is 1. The normalized spacial score (nSPS) is 10.9. The zero-order chi connectivity index (χ0) is 12.1. The van der Waals surface area contributed by atoms with Crippen LogP contribution in [0.4, 0.5) is 0 Å². The summed E-state index contributed by atoms with van der Waals surface area (Å²) in [6.07, 6.45) is 8.23. The first-order valence-electron chi connectivity index (χ1n) is 5.18. The van der Waals surface area contributed by atoms with Crippen LogP contribution >= 0.6 is 0 Å². The Labute approximate surface area is 98.4 Å². The molecule has 2 heterocycles. The highest BCUT2D eigenvalue weighted by molar-refractivity contribution is 5.91. The molecular formula is C11H13N5O. The molecule has 1 amide bonds. The third-order valence-electron chi connectivity index (χ3n) is 2.25. The summed E-state index contributed by atoms with van der Waals surface area (Å²) in [4.78, 5) is 18.4. The molecule has 2 N–H and O–H groups in total. The molecule has 0 aromatic carbocycles. The summed E-state index contributed by atoms with van der Waals surface area (Å²) in [5, 5.41) is 6.72. The van der Waals surface area contributed by atoms with Crippen molar-refractivity contribution in [1.29, 1.82) is 0 Å². The van der Waals surface area contributed by atoms with Crippen molar-refractivity contribution in [3.8, 4) is 0 Å². The van der Waals surface area contributed by atoms with Gasteiger partial charge in [-0.25, -0.2) is 4.98 Å². The third kappa shape index (κ3) is 3.04. The van der Waals surface area contributed by atoms with Gasteiger partial charge in [0.2, 0.25) is 5.91 Å². The smallest absolute Gasteiger partial charge is 0.244 e. The molecule has 2 rings (SSSR count). The summed E-state index contributed by atoms with van der Waals surface area (Å²) in [5.41, 5.74) is 0.873. The number of hydrogen-bond donors (Lipinski definition) is 2. The van der Waals surface area contributed by atoms with E-state index >= 15 is 0 Å². The molecule has 2 aromatic rings. The second kappa shape index (κ2) is 5.11. The Morgan fingerprint density at radius 1 is 1.59 bits per heavy atom. The van der Waals surface area contributed by atoms with Gasteiger partial charge in [-0.2, -0.15) is 5.10 Å². The molecule has 6 nitrogen and oxygen atoms in total. The summed E-state index contributed by atoms with van der Waals surface area (Å²) in [5.74, 6) is 0.565. The van der Waals surface area contributed by atoms with Gasteiger partial charge in [0.1, 0.15) is 5.82 Å². The van der Waals surface area contributed by atoms with E-state index in [1.807, 2.05) is 13.1 Å². The minimum Gasteiger partial charge on any atom is -0.347 e. The molecule has 0 aliphatic carbocycles. The highest BCUT2D eigenvalue weighted by atomic mass is 16.1. The van der Waals surface area contributed by atoms with Gasteiger partial charge in [0.15, 0.2) is 0 Å². The molecule has 0 saturated carbocycles. The van der Waals surface area contributed by atoms with Gasteiger partial charge in [0.25, 0.3) is 0 Å². The molecule has 0 aliphatic rings. The lowest BCUT2D eigenvalue weighted by Gasteiger charge is -1.98. The summed E-state index contributed by atoms with van der Waals surface area (Å²) in [6.45, 7) is 0.390. The Bertz CT molecular complexity index is 512. The Morgan fingerprint density at radius 3 is 3.12 bits per heavy atom. The molecule has 0 unspecified atom stereocenters. The molecule has 88 valence electrons. The van der Waals surface area contributed by atoms with E-state index in [4.69, 9.17) is 0 Å². The minimum atomic E-state index is -0.164. The van der Waals surface area contributed by atoms with Crippen LogP contribution in [0.1, 0.15) is 11.5 Å². The van der Waals surface area contributed by atoms with Gasteiger partial charge in [0, 0.05) is 31.7 Å². The molecule has 0 aliphatic heterocycles. The predicted octanol–water partition coefficient (Wildman–Crippen LogP) is 0.473. The number of H-pyrrole nitrogens is 1. The number of aryl methyl sites for hydroxylation is 1. The summed E-state index contributed by atoms with van der Waals surface area (Å²) >= 11 is 0. The average Bonchev–Trinajstić information content (AvgIpc) is 2.95. The van der Waals surface area contributed by atoms with E-state index in [-0.39, 0.29) is 5.91 Å². The Morgan fingerprint density at radius 2 is 2.47 bits per heavy atom. The third-order valence-corrected chi connectivity index (χ3v) is 2.25.